The molecule has 6 heteroatoms. The van der Waals surface area contributed by atoms with Crippen LogP contribution in [0.2, 0.25) is 0 Å². The van der Waals surface area contributed by atoms with Crippen LogP contribution < -0.4 is 5.32 Å². The Balaban J connectivity index is 1.97. The van der Waals surface area contributed by atoms with Gasteiger partial charge in [0, 0.05) is 22.9 Å². The molecule has 1 aliphatic carbocycles. The first-order valence-corrected chi connectivity index (χ1v) is 10.9. The van der Waals surface area contributed by atoms with Gasteiger partial charge in [0.1, 0.15) is 5.92 Å². The normalized spacial score (nSPS) is 23.0. The van der Waals surface area contributed by atoms with E-state index in [0.717, 1.165) is 22.0 Å². The highest BCUT2D eigenvalue weighted by molar-refractivity contribution is 6.13. The third-order valence-electron chi connectivity index (χ3n) is 6.37. The third kappa shape index (κ3) is 3.49. The molecule has 0 spiro atoms. The average molecular weight is 434 g/mol. The summed E-state index contributed by atoms with van der Waals surface area (Å²) < 4.78 is 10.3. The Hall–Kier alpha value is -3.41. The molecule has 2 aliphatic rings. The Kier molecular flexibility index (Phi) is 5.87. The molecule has 0 saturated carbocycles. The first kappa shape index (κ1) is 21.8. The van der Waals surface area contributed by atoms with Crippen molar-refractivity contribution in [1.29, 1.82) is 0 Å². The Bertz CT molecular complexity index is 1170. The molecular weight excluding hydrogens is 406 g/mol. The SMILES string of the molecule is CCOC(=O)C1=C(C)NC2=C(C(=O)[C@@H](C(=O)OC)[C@@H](C)C2)[C@H]1c1cccc2ccccc12. The zero-order chi connectivity index (χ0) is 23.0. The molecule has 0 fully saturated rings. The molecule has 0 unspecified atom stereocenters. The van der Waals surface area contributed by atoms with E-state index < -0.39 is 23.8 Å². The quantitative estimate of drug-likeness (QED) is 0.579. The Morgan fingerprint density at radius 1 is 1.12 bits per heavy atom. The predicted octanol–water partition coefficient (Wildman–Crippen LogP) is 4.02. The first-order chi connectivity index (χ1) is 15.4. The molecule has 4 rings (SSSR count). The Labute approximate surface area is 187 Å². The second-order valence-electron chi connectivity index (χ2n) is 8.32. The number of ketones is 1. The molecule has 0 radical (unpaired) electrons. The smallest absolute Gasteiger partial charge is 0.336 e. The number of Topliss-reactive ketones (excluding diaryl/α,β-unsaturated/α-hetero) is 1. The van der Waals surface area contributed by atoms with Gasteiger partial charge in [0.15, 0.2) is 5.78 Å². The van der Waals surface area contributed by atoms with Gasteiger partial charge in [-0.25, -0.2) is 4.79 Å². The molecular formula is C26H27NO5. The highest BCUT2D eigenvalue weighted by atomic mass is 16.5. The summed E-state index contributed by atoms with van der Waals surface area (Å²) in [4.78, 5) is 39.4. The van der Waals surface area contributed by atoms with E-state index in [0.29, 0.717) is 23.3 Å². The number of hydrogen-bond acceptors (Lipinski definition) is 6. The molecule has 32 heavy (non-hydrogen) atoms. The maximum atomic E-state index is 13.7. The van der Waals surface area contributed by atoms with Crippen molar-refractivity contribution in [2.24, 2.45) is 11.8 Å². The number of dihydropyridines is 1. The lowest BCUT2D eigenvalue weighted by atomic mass is 9.68. The van der Waals surface area contributed by atoms with Gasteiger partial charge in [0.25, 0.3) is 0 Å². The molecule has 0 aromatic heterocycles. The topological polar surface area (TPSA) is 81.7 Å². The van der Waals surface area contributed by atoms with Crippen molar-refractivity contribution in [3.8, 4) is 0 Å². The van der Waals surface area contributed by atoms with Gasteiger partial charge in [-0.15, -0.1) is 0 Å². The van der Waals surface area contributed by atoms with Gasteiger partial charge in [-0.05, 0) is 42.5 Å². The number of nitrogens with one attached hydrogen (secondary N) is 1. The van der Waals surface area contributed by atoms with Crippen molar-refractivity contribution in [1.82, 2.24) is 5.32 Å². The van der Waals surface area contributed by atoms with E-state index in [1.54, 1.807) is 6.92 Å². The monoisotopic (exact) mass is 433 g/mol. The van der Waals surface area contributed by atoms with Crippen LogP contribution in [0.25, 0.3) is 10.8 Å². The van der Waals surface area contributed by atoms with E-state index in [4.69, 9.17) is 9.47 Å². The van der Waals surface area contributed by atoms with Crippen LogP contribution in [0.3, 0.4) is 0 Å². The van der Waals surface area contributed by atoms with Crippen LogP contribution in [-0.4, -0.2) is 31.4 Å². The number of esters is 2. The van der Waals surface area contributed by atoms with E-state index in [-0.39, 0.29) is 18.3 Å². The fourth-order valence-electron chi connectivity index (χ4n) is 4.97. The summed E-state index contributed by atoms with van der Waals surface area (Å²) in [5.41, 5.74) is 3.10. The maximum Gasteiger partial charge on any atom is 0.336 e. The number of carbonyl (C=O) groups is 3. The number of benzene rings is 2. The number of carbonyl (C=O) groups excluding carboxylic acids is 3. The van der Waals surface area contributed by atoms with Crippen LogP contribution in [-0.2, 0) is 23.9 Å². The fourth-order valence-corrected chi connectivity index (χ4v) is 4.97. The van der Waals surface area contributed by atoms with Crippen LogP contribution in [0, 0.1) is 11.8 Å². The number of methoxy groups -OCH3 is 1. The summed E-state index contributed by atoms with van der Waals surface area (Å²) >= 11 is 0. The number of allylic oxidation sites excluding steroid dienone is 3. The number of ether oxygens (including phenoxy) is 2. The zero-order valence-electron chi connectivity index (χ0n) is 18.7. The lowest BCUT2D eigenvalue weighted by Crippen LogP contribution is -2.43. The van der Waals surface area contributed by atoms with Crippen molar-refractivity contribution >= 4 is 28.5 Å². The summed E-state index contributed by atoms with van der Waals surface area (Å²) in [5, 5.41) is 5.23. The summed E-state index contributed by atoms with van der Waals surface area (Å²) in [6.45, 7) is 5.68. The highest BCUT2D eigenvalue weighted by Gasteiger charge is 2.47. The van der Waals surface area contributed by atoms with Crippen LogP contribution in [0.1, 0.15) is 38.7 Å². The van der Waals surface area contributed by atoms with Crippen LogP contribution in [0.4, 0.5) is 0 Å². The molecule has 0 bridgehead atoms. The van der Waals surface area contributed by atoms with Crippen LogP contribution in [0.15, 0.2) is 65.0 Å². The predicted molar refractivity (Wildman–Crippen MR) is 120 cm³/mol. The van der Waals surface area contributed by atoms with Gasteiger partial charge in [-0.3, -0.25) is 9.59 Å². The third-order valence-corrected chi connectivity index (χ3v) is 6.37. The van der Waals surface area contributed by atoms with Gasteiger partial charge in [-0.2, -0.15) is 0 Å². The van der Waals surface area contributed by atoms with Crippen molar-refractivity contribution in [3.63, 3.8) is 0 Å². The number of hydrogen-bond donors (Lipinski definition) is 1. The minimum Gasteiger partial charge on any atom is -0.468 e. The molecule has 1 heterocycles. The fraction of sp³-hybridized carbons (Fsp3) is 0.346. The van der Waals surface area contributed by atoms with Gasteiger partial charge in [0.2, 0.25) is 0 Å². The standard InChI is InChI=1S/C26H27NO5/c1-5-32-26(30)21-15(3)27-19-13-14(2)20(25(29)31-4)24(28)23(19)22(21)18-12-8-10-16-9-6-7-11-17(16)18/h6-12,14,20,22,27H,5,13H2,1-4H3/t14-,20-,22-/m0/s1. The van der Waals surface area contributed by atoms with Crippen molar-refractivity contribution in [2.75, 3.05) is 13.7 Å². The molecule has 1 N–H and O–H groups in total. The summed E-state index contributed by atoms with van der Waals surface area (Å²) in [5.74, 6) is -3.07. The number of fused-ring (bicyclic) bond motifs is 1. The van der Waals surface area contributed by atoms with Crippen molar-refractivity contribution in [3.05, 3.63) is 70.6 Å². The zero-order valence-corrected chi connectivity index (χ0v) is 18.7. The van der Waals surface area contributed by atoms with Crippen molar-refractivity contribution in [2.45, 2.75) is 33.1 Å². The molecule has 3 atom stereocenters. The maximum absolute atomic E-state index is 13.7. The summed E-state index contributed by atoms with van der Waals surface area (Å²) in [6, 6.07) is 13.7. The van der Waals surface area contributed by atoms with E-state index in [1.807, 2.05) is 56.3 Å². The minimum absolute atomic E-state index is 0.216. The van der Waals surface area contributed by atoms with Gasteiger partial charge < -0.3 is 14.8 Å². The second-order valence-corrected chi connectivity index (χ2v) is 8.32. The van der Waals surface area contributed by atoms with E-state index in [1.165, 1.54) is 7.11 Å². The molecule has 166 valence electrons. The minimum atomic E-state index is -0.903. The highest BCUT2D eigenvalue weighted by Crippen LogP contribution is 2.46. The number of rotatable bonds is 4. The summed E-state index contributed by atoms with van der Waals surface area (Å²) in [7, 11) is 1.29. The van der Waals surface area contributed by atoms with E-state index in [9.17, 15) is 14.4 Å². The largest absolute Gasteiger partial charge is 0.468 e. The van der Waals surface area contributed by atoms with Gasteiger partial charge in [0.05, 0.1) is 19.3 Å². The molecule has 6 nitrogen and oxygen atoms in total. The average Bonchev–Trinajstić information content (AvgIpc) is 2.77. The molecule has 2 aromatic carbocycles. The van der Waals surface area contributed by atoms with Gasteiger partial charge >= 0.3 is 11.9 Å². The lowest BCUT2D eigenvalue weighted by molar-refractivity contribution is -0.151. The van der Waals surface area contributed by atoms with Gasteiger partial charge in [-0.1, -0.05) is 49.4 Å². The second kappa shape index (κ2) is 8.61. The molecule has 2 aromatic rings. The van der Waals surface area contributed by atoms with Crippen LogP contribution in [0.5, 0.6) is 0 Å². The summed E-state index contributed by atoms with van der Waals surface area (Å²) in [6.07, 6.45) is 0.509. The van der Waals surface area contributed by atoms with E-state index >= 15 is 0 Å². The first-order valence-electron chi connectivity index (χ1n) is 10.9. The lowest BCUT2D eigenvalue weighted by Gasteiger charge is -2.38. The van der Waals surface area contributed by atoms with Crippen LogP contribution >= 0.6 is 0 Å². The Morgan fingerprint density at radius 2 is 1.84 bits per heavy atom. The van der Waals surface area contributed by atoms with Crippen molar-refractivity contribution < 1.29 is 23.9 Å². The van der Waals surface area contributed by atoms with E-state index in [2.05, 4.69) is 5.32 Å². The molecule has 0 saturated heterocycles. The molecule has 0 amide bonds. The molecule has 1 aliphatic heterocycles. The Morgan fingerprint density at radius 3 is 2.56 bits per heavy atom.